The van der Waals surface area contributed by atoms with Gasteiger partial charge in [0.15, 0.2) is 0 Å². The molecule has 5 nitrogen and oxygen atoms in total. The van der Waals surface area contributed by atoms with Crippen molar-refractivity contribution in [2.75, 3.05) is 19.6 Å². The fraction of sp³-hybridized carbons (Fsp3) is 0.519. The number of aliphatic hydroxyl groups is 1. The first kappa shape index (κ1) is 23.9. The molecule has 1 heterocycles. The second-order valence-corrected chi connectivity index (χ2v) is 11.3. The molecule has 2 aliphatic carbocycles. The third kappa shape index (κ3) is 4.81. The molecule has 3 fully saturated rings. The number of rotatable bonds is 6. The molecule has 2 aromatic rings. The lowest BCUT2D eigenvalue weighted by molar-refractivity contribution is -0.133. The van der Waals surface area contributed by atoms with Crippen LogP contribution in [0, 0.1) is 5.92 Å². The van der Waals surface area contributed by atoms with E-state index in [1.165, 1.54) is 12.8 Å². The molecule has 3 atom stereocenters. The monoisotopic (exact) mass is 502 g/mol. The number of carbonyl (C=O) groups excluding carboxylic acids is 1. The normalized spacial score (nSPS) is 29.4. The van der Waals surface area contributed by atoms with Crippen molar-refractivity contribution in [1.29, 1.82) is 0 Å². The number of likely N-dealkylation sites (tertiary alicyclic amines) is 1. The van der Waals surface area contributed by atoms with E-state index in [9.17, 15) is 15.0 Å². The second kappa shape index (κ2) is 9.34. The minimum Gasteiger partial charge on any atom is -0.508 e. The van der Waals surface area contributed by atoms with Crippen LogP contribution in [-0.4, -0.2) is 52.3 Å². The summed E-state index contributed by atoms with van der Waals surface area (Å²) < 4.78 is 0. The molecule has 1 amide bonds. The lowest BCUT2D eigenvalue weighted by Gasteiger charge is -2.58. The van der Waals surface area contributed by atoms with Crippen molar-refractivity contribution in [2.45, 2.75) is 62.0 Å². The summed E-state index contributed by atoms with van der Waals surface area (Å²) >= 11 is 12.1. The Morgan fingerprint density at radius 3 is 2.65 bits per heavy atom. The van der Waals surface area contributed by atoms with Gasteiger partial charge in [-0.3, -0.25) is 4.79 Å². The Labute approximate surface area is 211 Å². The van der Waals surface area contributed by atoms with Gasteiger partial charge in [0.2, 0.25) is 5.91 Å². The number of nitrogens with one attached hydrogen (secondary N) is 1. The van der Waals surface area contributed by atoms with E-state index < -0.39 is 11.0 Å². The summed E-state index contributed by atoms with van der Waals surface area (Å²) in [6.45, 7) is 2.61. The highest BCUT2D eigenvalue weighted by molar-refractivity contribution is 6.42. The van der Waals surface area contributed by atoms with E-state index in [4.69, 9.17) is 23.2 Å². The Balaban J connectivity index is 1.35. The Kier molecular flexibility index (Phi) is 6.58. The first-order valence-electron chi connectivity index (χ1n) is 12.2. The van der Waals surface area contributed by atoms with Gasteiger partial charge in [-0.25, -0.2) is 0 Å². The Hall–Kier alpha value is -1.79. The zero-order valence-corrected chi connectivity index (χ0v) is 20.8. The largest absolute Gasteiger partial charge is 0.508 e. The zero-order valence-electron chi connectivity index (χ0n) is 19.3. The molecule has 0 spiro atoms. The standard InChI is InChI=1S/C27H32Cl2N2O3/c28-23-7-6-19(12-24(23)29)13-25(33)30-21-8-9-27(34)17-31(16-18-4-5-18)11-10-26(27,15-21)20-2-1-3-22(32)14-20/h1-3,6-7,12,14,18,21,32,34H,4-5,8-11,13,15-17H2,(H,30,33). The van der Waals surface area contributed by atoms with Gasteiger partial charge in [-0.15, -0.1) is 0 Å². The maximum Gasteiger partial charge on any atom is 0.224 e. The summed E-state index contributed by atoms with van der Waals surface area (Å²) in [5.41, 5.74) is 0.379. The number of benzene rings is 2. The fourth-order valence-corrected chi connectivity index (χ4v) is 6.44. The minimum absolute atomic E-state index is 0.0483. The van der Waals surface area contributed by atoms with Gasteiger partial charge < -0.3 is 20.4 Å². The van der Waals surface area contributed by atoms with Gasteiger partial charge in [0.1, 0.15) is 5.75 Å². The van der Waals surface area contributed by atoms with Crippen LogP contribution < -0.4 is 5.32 Å². The Morgan fingerprint density at radius 1 is 1.09 bits per heavy atom. The molecule has 5 rings (SSSR count). The molecule has 2 saturated carbocycles. The van der Waals surface area contributed by atoms with E-state index in [2.05, 4.69) is 10.2 Å². The van der Waals surface area contributed by atoms with Crippen molar-refractivity contribution in [3.8, 4) is 5.75 Å². The van der Waals surface area contributed by atoms with Crippen LogP contribution in [0.3, 0.4) is 0 Å². The van der Waals surface area contributed by atoms with E-state index in [0.717, 1.165) is 43.0 Å². The minimum atomic E-state index is -0.890. The van der Waals surface area contributed by atoms with Crippen molar-refractivity contribution < 1.29 is 15.0 Å². The number of fused-ring (bicyclic) bond motifs is 1. The highest BCUT2D eigenvalue weighted by atomic mass is 35.5. The van der Waals surface area contributed by atoms with Crippen LogP contribution >= 0.6 is 23.2 Å². The number of phenols is 1. The van der Waals surface area contributed by atoms with Gasteiger partial charge in [0.25, 0.3) is 0 Å². The van der Waals surface area contributed by atoms with Crippen molar-refractivity contribution in [3.63, 3.8) is 0 Å². The van der Waals surface area contributed by atoms with Gasteiger partial charge in [-0.1, -0.05) is 41.4 Å². The van der Waals surface area contributed by atoms with Gasteiger partial charge >= 0.3 is 0 Å². The molecule has 3 aliphatic rings. The maximum atomic E-state index is 12.9. The summed E-state index contributed by atoms with van der Waals surface area (Å²) in [5.74, 6) is 0.917. The lowest BCUT2D eigenvalue weighted by Crippen LogP contribution is -2.67. The summed E-state index contributed by atoms with van der Waals surface area (Å²) in [7, 11) is 0. The van der Waals surface area contributed by atoms with Crippen LogP contribution in [0.2, 0.25) is 10.0 Å². The second-order valence-electron chi connectivity index (χ2n) is 10.5. The van der Waals surface area contributed by atoms with Crippen LogP contribution in [0.4, 0.5) is 0 Å². The highest BCUT2D eigenvalue weighted by Gasteiger charge is 2.57. The third-order valence-corrected chi connectivity index (χ3v) is 8.80. The van der Waals surface area contributed by atoms with E-state index in [0.29, 0.717) is 29.4 Å². The molecule has 182 valence electrons. The number of nitrogens with zero attached hydrogens (tertiary/aromatic N) is 1. The highest BCUT2D eigenvalue weighted by Crippen LogP contribution is 2.52. The van der Waals surface area contributed by atoms with E-state index in [1.54, 1.807) is 24.3 Å². The predicted molar refractivity (Wildman–Crippen MR) is 134 cm³/mol. The number of hydrogen-bond acceptors (Lipinski definition) is 4. The molecule has 2 aromatic carbocycles. The molecule has 1 saturated heterocycles. The number of carbonyl (C=O) groups is 1. The number of piperidine rings is 1. The lowest BCUT2D eigenvalue weighted by atomic mass is 9.55. The van der Waals surface area contributed by atoms with E-state index in [-0.39, 0.29) is 24.1 Å². The third-order valence-electron chi connectivity index (χ3n) is 8.06. The summed E-state index contributed by atoms with van der Waals surface area (Å²) in [6.07, 6.45) is 5.60. The van der Waals surface area contributed by atoms with Crippen LogP contribution in [0.1, 0.15) is 49.7 Å². The average molecular weight is 503 g/mol. The summed E-state index contributed by atoms with van der Waals surface area (Å²) in [4.78, 5) is 15.3. The number of aromatic hydroxyl groups is 1. The number of phenolic OH excluding ortho intramolecular Hbond substituents is 1. The van der Waals surface area contributed by atoms with Crippen LogP contribution in [0.5, 0.6) is 5.75 Å². The molecule has 3 unspecified atom stereocenters. The van der Waals surface area contributed by atoms with Crippen molar-refractivity contribution in [1.82, 2.24) is 10.2 Å². The molecular weight excluding hydrogens is 471 g/mol. The molecule has 0 radical (unpaired) electrons. The molecular formula is C27H32Cl2N2O3. The molecule has 1 aliphatic heterocycles. The van der Waals surface area contributed by atoms with Crippen LogP contribution in [0.25, 0.3) is 0 Å². The topological polar surface area (TPSA) is 72.8 Å². The number of amides is 1. The van der Waals surface area contributed by atoms with Crippen LogP contribution in [-0.2, 0) is 16.6 Å². The molecule has 0 bridgehead atoms. The Bertz CT molecular complexity index is 1080. The van der Waals surface area contributed by atoms with E-state index in [1.807, 2.05) is 18.2 Å². The van der Waals surface area contributed by atoms with Crippen LogP contribution in [0.15, 0.2) is 42.5 Å². The fourth-order valence-electron chi connectivity index (χ4n) is 6.12. The van der Waals surface area contributed by atoms with Crippen molar-refractivity contribution in [2.24, 2.45) is 5.92 Å². The zero-order chi connectivity index (χ0) is 23.9. The number of halogens is 2. The van der Waals surface area contributed by atoms with Crippen molar-refractivity contribution in [3.05, 3.63) is 63.6 Å². The first-order chi connectivity index (χ1) is 16.3. The SMILES string of the molecule is O=C(Cc1ccc(Cl)c(Cl)c1)NC1CCC2(O)CN(CC3CC3)CCC2(c2cccc(O)c2)C1. The maximum absolute atomic E-state index is 12.9. The molecule has 7 heteroatoms. The van der Waals surface area contributed by atoms with E-state index >= 15 is 0 Å². The van der Waals surface area contributed by atoms with Crippen molar-refractivity contribution >= 4 is 29.1 Å². The van der Waals surface area contributed by atoms with Gasteiger partial charge in [-0.2, -0.15) is 0 Å². The average Bonchev–Trinajstić information content (AvgIpc) is 3.60. The quantitative estimate of drug-likeness (QED) is 0.535. The molecule has 34 heavy (non-hydrogen) atoms. The summed E-state index contributed by atoms with van der Waals surface area (Å²) in [6, 6.07) is 12.5. The summed E-state index contributed by atoms with van der Waals surface area (Å²) in [5, 5.41) is 26.4. The van der Waals surface area contributed by atoms with Gasteiger partial charge in [0.05, 0.1) is 22.1 Å². The van der Waals surface area contributed by atoms with Gasteiger partial charge in [0, 0.05) is 24.5 Å². The van der Waals surface area contributed by atoms with Gasteiger partial charge in [-0.05, 0) is 86.4 Å². The Morgan fingerprint density at radius 2 is 1.91 bits per heavy atom. The first-order valence-corrected chi connectivity index (χ1v) is 13.0. The predicted octanol–water partition coefficient (Wildman–Crippen LogP) is 4.70. The number of β-amino-alcohol motifs (C(OH)–C–C–N with tert-alkyl or cyclic N) is 1. The smallest absolute Gasteiger partial charge is 0.224 e. The molecule has 3 N–H and O–H groups in total. The number of hydrogen-bond donors (Lipinski definition) is 3. The molecule has 0 aromatic heterocycles.